The largest absolute Gasteiger partial charge is 0.494 e. The molecule has 0 amide bonds. The van der Waals surface area contributed by atoms with Crippen LogP contribution in [-0.4, -0.2) is 36.4 Å². The third-order valence-corrected chi connectivity index (χ3v) is 5.56. The van der Waals surface area contributed by atoms with E-state index < -0.39 is 0 Å². The van der Waals surface area contributed by atoms with Crippen LogP contribution in [0.3, 0.4) is 0 Å². The van der Waals surface area contributed by atoms with Crippen molar-refractivity contribution in [2.75, 3.05) is 19.7 Å². The summed E-state index contributed by atoms with van der Waals surface area (Å²) in [5, 5.41) is 0. The summed E-state index contributed by atoms with van der Waals surface area (Å²) in [6.45, 7) is 6.84. The van der Waals surface area contributed by atoms with Crippen molar-refractivity contribution in [1.82, 2.24) is 4.90 Å². The van der Waals surface area contributed by atoms with E-state index in [0.29, 0.717) is 6.61 Å². The lowest BCUT2D eigenvalue weighted by atomic mass is 9.89. The molecule has 3 nitrogen and oxygen atoms in total. The highest BCUT2D eigenvalue weighted by atomic mass is 16.5. The second kappa shape index (κ2) is 9.70. The summed E-state index contributed by atoms with van der Waals surface area (Å²) in [6.07, 6.45) is 4.46. The fourth-order valence-corrected chi connectivity index (χ4v) is 3.83. The zero-order chi connectivity index (χ0) is 19.1. The monoisotopic (exact) mass is 365 g/mol. The number of ether oxygens (including phenoxy) is 1. The number of rotatable bonds is 8. The molecule has 2 aromatic carbocycles. The molecular formula is C24H31NO2. The topological polar surface area (TPSA) is 29.5 Å². The van der Waals surface area contributed by atoms with Gasteiger partial charge in [-0.3, -0.25) is 9.69 Å². The highest BCUT2D eigenvalue weighted by Crippen LogP contribution is 2.24. The summed E-state index contributed by atoms with van der Waals surface area (Å²) < 4.78 is 5.61. The van der Waals surface area contributed by atoms with Gasteiger partial charge in [0.05, 0.1) is 12.6 Å². The lowest BCUT2D eigenvalue weighted by Crippen LogP contribution is -2.44. The Morgan fingerprint density at radius 1 is 1.07 bits per heavy atom. The van der Waals surface area contributed by atoms with Gasteiger partial charge in [-0.05, 0) is 81.4 Å². The molecule has 0 N–H and O–H groups in total. The van der Waals surface area contributed by atoms with E-state index in [1.165, 1.54) is 5.56 Å². The van der Waals surface area contributed by atoms with Crippen molar-refractivity contribution in [3.05, 3.63) is 65.7 Å². The molecule has 0 radical (unpaired) electrons. The number of piperidine rings is 1. The first-order chi connectivity index (χ1) is 13.2. The molecule has 0 saturated carbocycles. The lowest BCUT2D eigenvalue weighted by molar-refractivity contribution is 0.0771. The Kier molecular flexibility index (Phi) is 7.05. The standard InChI is InChI=1S/C24H31NO2/c1-3-17-27-23-11-9-22(10-12-23)24(26)19(2)25-15-13-21(14-16-25)18-20-7-5-4-6-8-20/h4-12,19,21H,3,13-18H2,1-2H3. The van der Waals surface area contributed by atoms with Gasteiger partial charge < -0.3 is 4.74 Å². The van der Waals surface area contributed by atoms with Gasteiger partial charge in [0.2, 0.25) is 0 Å². The first kappa shape index (κ1) is 19.6. The Balaban J connectivity index is 1.51. The summed E-state index contributed by atoms with van der Waals surface area (Å²) >= 11 is 0. The van der Waals surface area contributed by atoms with Crippen molar-refractivity contribution in [3.8, 4) is 5.75 Å². The van der Waals surface area contributed by atoms with Crippen LogP contribution >= 0.6 is 0 Å². The quantitative estimate of drug-likeness (QED) is 0.617. The van der Waals surface area contributed by atoms with Crippen LogP contribution < -0.4 is 4.74 Å². The second-order valence-corrected chi connectivity index (χ2v) is 7.58. The third kappa shape index (κ3) is 5.43. The zero-order valence-electron chi connectivity index (χ0n) is 16.6. The first-order valence-corrected chi connectivity index (χ1v) is 10.2. The van der Waals surface area contributed by atoms with Crippen molar-refractivity contribution >= 4 is 5.78 Å². The molecule has 0 bridgehead atoms. The van der Waals surface area contributed by atoms with Crippen LogP contribution in [0.1, 0.15) is 49.0 Å². The van der Waals surface area contributed by atoms with Gasteiger partial charge in [-0.1, -0.05) is 37.3 Å². The van der Waals surface area contributed by atoms with Gasteiger partial charge in [0, 0.05) is 5.56 Å². The molecule has 1 atom stereocenters. The van der Waals surface area contributed by atoms with E-state index in [1.54, 1.807) is 0 Å². The number of ketones is 1. The van der Waals surface area contributed by atoms with Gasteiger partial charge in [-0.25, -0.2) is 0 Å². The van der Waals surface area contributed by atoms with E-state index in [4.69, 9.17) is 4.74 Å². The van der Waals surface area contributed by atoms with Crippen LogP contribution in [0.2, 0.25) is 0 Å². The van der Waals surface area contributed by atoms with Gasteiger partial charge in [-0.2, -0.15) is 0 Å². The normalized spacial score (nSPS) is 16.8. The number of likely N-dealkylation sites (tertiary alicyclic amines) is 1. The van der Waals surface area contributed by atoms with Gasteiger partial charge in [0.25, 0.3) is 0 Å². The summed E-state index contributed by atoms with van der Waals surface area (Å²) in [4.78, 5) is 15.2. The molecule has 144 valence electrons. The van der Waals surface area contributed by atoms with Crippen LogP contribution in [-0.2, 0) is 6.42 Å². The van der Waals surface area contributed by atoms with Gasteiger partial charge in [0.15, 0.2) is 5.78 Å². The Morgan fingerprint density at radius 3 is 2.37 bits per heavy atom. The molecular weight excluding hydrogens is 334 g/mol. The highest BCUT2D eigenvalue weighted by molar-refractivity contribution is 5.99. The predicted molar refractivity (Wildman–Crippen MR) is 110 cm³/mol. The van der Waals surface area contributed by atoms with Crippen LogP contribution in [0.5, 0.6) is 5.75 Å². The molecule has 2 aromatic rings. The molecule has 1 saturated heterocycles. The van der Waals surface area contributed by atoms with E-state index >= 15 is 0 Å². The number of hydrogen-bond acceptors (Lipinski definition) is 3. The predicted octanol–water partition coefficient (Wildman–Crippen LogP) is 5.00. The number of carbonyl (C=O) groups excluding carboxylic acids is 1. The maximum Gasteiger partial charge on any atom is 0.179 e. The Bertz CT molecular complexity index is 703. The van der Waals surface area contributed by atoms with Crippen molar-refractivity contribution < 1.29 is 9.53 Å². The van der Waals surface area contributed by atoms with Crippen molar-refractivity contribution in [1.29, 1.82) is 0 Å². The molecule has 0 aliphatic carbocycles. The van der Waals surface area contributed by atoms with E-state index in [-0.39, 0.29) is 11.8 Å². The maximum absolute atomic E-state index is 12.9. The van der Waals surface area contributed by atoms with Gasteiger partial charge in [-0.15, -0.1) is 0 Å². The minimum Gasteiger partial charge on any atom is -0.494 e. The summed E-state index contributed by atoms with van der Waals surface area (Å²) in [6, 6.07) is 18.3. The second-order valence-electron chi connectivity index (χ2n) is 7.58. The first-order valence-electron chi connectivity index (χ1n) is 10.2. The van der Waals surface area contributed by atoms with E-state index in [9.17, 15) is 4.79 Å². The number of benzene rings is 2. The molecule has 1 unspecified atom stereocenters. The molecule has 27 heavy (non-hydrogen) atoms. The zero-order valence-corrected chi connectivity index (χ0v) is 16.6. The molecule has 3 rings (SSSR count). The Morgan fingerprint density at radius 2 is 1.74 bits per heavy atom. The Hall–Kier alpha value is -2.13. The molecule has 0 spiro atoms. The Labute approximate surface area is 163 Å². The molecule has 0 aromatic heterocycles. The summed E-state index contributed by atoms with van der Waals surface area (Å²) in [5.41, 5.74) is 2.20. The van der Waals surface area contributed by atoms with Crippen LogP contribution in [0.15, 0.2) is 54.6 Å². The SMILES string of the molecule is CCCOc1ccc(C(=O)C(C)N2CCC(Cc3ccccc3)CC2)cc1. The van der Waals surface area contributed by atoms with Crippen LogP contribution in [0.4, 0.5) is 0 Å². The van der Waals surface area contributed by atoms with E-state index in [2.05, 4.69) is 42.2 Å². The number of hydrogen-bond donors (Lipinski definition) is 0. The average Bonchev–Trinajstić information content (AvgIpc) is 2.73. The molecule has 3 heteroatoms. The minimum absolute atomic E-state index is 0.0647. The van der Waals surface area contributed by atoms with Crippen molar-refractivity contribution in [3.63, 3.8) is 0 Å². The highest BCUT2D eigenvalue weighted by Gasteiger charge is 2.27. The summed E-state index contributed by atoms with van der Waals surface area (Å²) in [5.74, 6) is 1.77. The lowest BCUT2D eigenvalue weighted by Gasteiger charge is -2.35. The third-order valence-electron chi connectivity index (χ3n) is 5.56. The minimum atomic E-state index is -0.0647. The molecule has 1 aliphatic heterocycles. The van der Waals surface area contributed by atoms with E-state index in [0.717, 1.165) is 56.0 Å². The summed E-state index contributed by atoms with van der Waals surface area (Å²) in [7, 11) is 0. The van der Waals surface area contributed by atoms with Crippen LogP contribution in [0.25, 0.3) is 0 Å². The fourth-order valence-electron chi connectivity index (χ4n) is 3.83. The average molecular weight is 366 g/mol. The number of Topliss-reactive ketones (excluding diaryl/α,β-unsaturated/α-hetero) is 1. The maximum atomic E-state index is 12.9. The number of carbonyl (C=O) groups is 1. The van der Waals surface area contributed by atoms with Gasteiger partial charge in [0.1, 0.15) is 5.75 Å². The van der Waals surface area contributed by atoms with Gasteiger partial charge >= 0.3 is 0 Å². The van der Waals surface area contributed by atoms with Crippen molar-refractivity contribution in [2.24, 2.45) is 5.92 Å². The number of nitrogens with zero attached hydrogens (tertiary/aromatic N) is 1. The smallest absolute Gasteiger partial charge is 0.179 e. The van der Waals surface area contributed by atoms with E-state index in [1.807, 2.05) is 31.2 Å². The van der Waals surface area contributed by atoms with Crippen LogP contribution in [0, 0.1) is 5.92 Å². The fraction of sp³-hybridized carbons (Fsp3) is 0.458. The van der Waals surface area contributed by atoms with Crippen molar-refractivity contribution in [2.45, 2.75) is 45.6 Å². The molecule has 1 heterocycles. The molecule has 1 fully saturated rings. The molecule has 1 aliphatic rings.